The second kappa shape index (κ2) is 4.13. The van der Waals surface area contributed by atoms with Crippen molar-refractivity contribution in [2.24, 2.45) is 11.8 Å². The molecule has 1 saturated heterocycles. The minimum atomic E-state index is -2.46. The number of hydrogen-bond acceptors (Lipinski definition) is 4. The summed E-state index contributed by atoms with van der Waals surface area (Å²) < 4.78 is 26.4. The van der Waals surface area contributed by atoms with Crippen LogP contribution in [-0.4, -0.2) is 29.0 Å². The van der Waals surface area contributed by atoms with Gasteiger partial charge in [0.2, 0.25) is 0 Å². The van der Waals surface area contributed by atoms with Crippen LogP contribution < -0.4 is 10.6 Å². The first-order chi connectivity index (χ1) is 10.1. The Labute approximate surface area is 120 Å². The average Bonchev–Trinajstić information content (AvgIpc) is 2.86. The minimum absolute atomic E-state index is 0.389. The summed E-state index contributed by atoms with van der Waals surface area (Å²) in [6.45, 7) is 0.779. The Bertz CT molecular complexity index is 672. The van der Waals surface area contributed by atoms with Crippen LogP contribution in [0.1, 0.15) is 0 Å². The number of hydrogen-bond donors (Lipinski definition) is 1. The summed E-state index contributed by atoms with van der Waals surface area (Å²) in [7, 11) is 0. The predicted octanol–water partition coefficient (Wildman–Crippen LogP) is 2.43. The molecular formula is C15H14F2N4. The van der Waals surface area contributed by atoms with Crippen LogP contribution >= 0.6 is 0 Å². The highest BCUT2D eigenvalue weighted by atomic mass is 19.3. The van der Waals surface area contributed by atoms with Crippen molar-refractivity contribution in [3.63, 3.8) is 0 Å². The molecule has 2 fully saturated rings. The highest BCUT2D eigenvalue weighted by molar-refractivity contribution is 5.61. The Morgan fingerprint density at radius 1 is 1.14 bits per heavy atom. The lowest BCUT2D eigenvalue weighted by atomic mass is 10.2. The quantitative estimate of drug-likeness (QED) is 0.922. The van der Waals surface area contributed by atoms with E-state index in [4.69, 9.17) is 5.73 Å². The van der Waals surface area contributed by atoms with Gasteiger partial charge in [-0.25, -0.2) is 18.7 Å². The Kier molecular flexibility index (Phi) is 2.46. The van der Waals surface area contributed by atoms with Gasteiger partial charge in [-0.15, -0.1) is 0 Å². The van der Waals surface area contributed by atoms with Crippen LogP contribution in [0.2, 0.25) is 0 Å². The van der Waals surface area contributed by atoms with Crippen molar-refractivity contribution in [3.05, 3.63) is 36.5 Å². The van der Waals surface area contributed by atoms with Gasteiger partial charge >= 0.3 is 0 Å². The van der Waals surface area contributed by atoms with E-state index in [1.807, 2.05) is 29.2 Å². The van der Waals surface area contributed by atoms with Gasteiger partial charge in [-0.1, -0.05) is 6.07 Å². The number of piperidine rings is 1. The molecule has 1 saturated carbocycles. The van der Waals surface area contributed by atoms with Gasteiger partial charge in [0.15, 0.2) is 0 Å². The molecule has 2 N–H and O–H groups in total. The van der Waals surface area contributed by atoms with E-state index in [1.165, 1.54) is 0 Å². The zero-order valence-corrected chi connectivity index (χ0v) is 11.2. The molecule has 2 atom stereocenters. The SMILES string of the molecule is Nc1cccc(-c2ccc(N3CC4[C@H](C3)C4(F)F)nc2)n1. The summed E-state index contributed by atoms with van der Waals surface area (Å²) in [6.07, 6.45) is 1.71. The van der Waals surface area contributed by atoms with Crippen molar-refractivity contribution < 1.29 is 8.78 Å². The van der Waals surface area contributed by atoms with Crippen molar-refractivity contribution in [2.75, 3.05) is 23.7 Å². The molecule has 2 aliphatic rings. The van der Waals surface area contributed by atoms with Crippen molar-refractivity contribution in [1.29, 1.82) is 0 Å². The second-order valence-electron chi connectivity index (χ2n) is 5.65. The first-order valence-electron chi connectivity index (χ1n) is 6.87. The molecule has 0 radical (unpaired) electrons. The molecule has 0 spiro atoms. The third-order valence-corrected chi connectivity index (χ3v) is 4.34. The summed E-state index contributed by atoms with van der Waals surface area (Å²) in [5.41, 5.74) is 7.28. The van der Waals surface area contributed by atoms with E-state index in [9.17, 15) is 8.78 Å². The molecule has 1 unspecified atom stereocenters. The number of pyridine rings is 2. The maximum Gasteiger partial charge on any atom is 0.258 e. The van der Waals surface area contributed by atoms with Crippen LogP contribution in [0.15, 0.2) is 36.5 Å². The number of aromatic nitrogens is 2. The smallest absolute Gasteiger partial charge is 0.258 e. The molecule has 0 aromatic carbocycles. The molecule has 1 aliphatic heterocycles. The highest BCUT2D eigenvalue weighted by Gasteiger charge is 2.71. The van der Waals surface area contributed by atoms with Gasteiger partial charge in [-0.05, 0) is 24.3 Å². The number of fused-ring (bicyclic) bond motifs is 1. The highest BCUT2D eigenvalue weighted by Crippen LogP contribution is 2.59. The van der Waals surface area contributed by atoms with Crippen molar-refractivity contribution in [1.82, 2.24) is 9.97 Å². The predicted molar refractivity (Wildman–Crippen MR) is 76.0 cm³/mol. The summed E-state index contributed by atoms with van der Waals surface area (Å²) in [4.78, 5) is 10.5. The fraction of sp³-hybridized carbons (Fsp3) is 0.333. The van der Waals surface area contributed by atoms with E-state index in [-0.39, 0.29) is 0 Å². The molecule has 0 amide bonds. The van der Waals surface area contributed by atoms with Crippen molar-refractivity contribution in [2.45, 2.75) is 5.92 Å². The lowest BCUT2D eigenvalue weighted by Crippen LogP contribution is -2.27. The maximum absolute atomic E-state index is 13.2. The van der Waals surface area contributed by atoms with Crippen LogP contribution in [0.4, 0.5) is 20.4 Å². The largest absolute Gasteiger partial charge is 0.384 e. The van der Waals surface area contributed by atoms with E-state index < -0.39 is 17.8 Å². The molecule has 1 aliphatic carbocycles. The van der Waals surface area contributed by atoms with Crippen LogP contribution in [0.3, 0.4) is 0 Å². The summed E-state index contributed by atoms with van der Waals surface area (Å²) in [5, 5.41) is 0. The van der Waals surface area contributed by atoms with Gasteiger partial charge in [-0.2, -0.15) is 0 Å². The molecule has 2 aromatic rings. The van der Waals surface area contributed by atoms with E-state index in [1.54, 1.807) is 12.3 Å². The molecule has 4 rings (SSSR count). The topological polar surface area (TPSA) is 55.0 Å². The van der Waals surface area contributed by atoms with E-state index >= 15 is 0 Å². The Morgan fingerprint density at radius 2 is 1.90 bits per heavy atom. The fourth-order valence-electron chi connectivity index (χ4n) is 3.03. The maximum atomic E-state index is 13.2. The number of rotatable bonds is 2. The molecule has 6 heteroatoms. The van der Waals surface area contributed by atoms with Crippen LogP contribution in [0.25, 0.3) is 11.3 Å². The standard InChI is InChI=1S/C15H14F2N4/c16-15(17)10-7-21(8-11(10)15)14-5-4-9(6-19-14)12-2-1-3-13(18)20-12/h1-6,10-11H,7-8H2,(H2,18,20)/t10-,11?/m0/s1. The first kappa shape index (κ1) is 12.5. The van der Waals surface area contributed by atoms with Crippen molar-refractivity contribution >= 4 is 11.6 Å². The monoisotopic (exact) mass is 288 g/mol. The number of halogens is 2. The van der Waals surface area contributed by atoms with Gasteiger partial charge < -0.3 is 10.6 Å². The zero-order valence-electron chi connectivity index (χ0n) is 11.2. The molecule has 4 nitrogen and oxygen atoms in total. The molecule has 0 bridgehead atoms. The van der Waals surface area contributed by atoms with Crippen LogP contribution in [0, 0.1) is 11.8 Å². The van der Waals surface area contributed by atoms with Crippen LogP contribution in [-0.2, 0) is 0 Å². The van der Waals surface area contributed by atoms with E-state index in [0.29, 0.717) is 18.9 Å². The number of anilines is 2. The summed E-state index contributed by atoms with van der Waals surface area (Å²) in [5.74, 6) is -2.24. The number of nitrogens with two attached hydrogens (primary N) is 1. The second-order valence-corrected chi connectivity index (χ2v) is 5.65. The number of nitrogens with zero attached hydrogens (tertiary/aromatic N) is 3. The third-order valence-electron chi connectivity index (χ3n) is 4.34. The van der Waals surface area contributed by atoms with Gasteiger partial charge in [0, 0.05) is 24.8 Å². The summed E-state index contributed by atoms with van der Waals surface area (Å²) >= 11 is 0. The van der Waals surface area contributed by atoms with Crippen molar-refractivity contribution in [3.8, 4) is 11.3 Å². The van der Waals surface area contributed by atoms with Gasteiger partial charge in [0.1, 0.15) is 11.6 Å². The lowest BCUT2D eigenvalue weighted by Gasteiger charge is -2.20. The molecule has 2 aromatic heterocycles. The zero-order chi connectivity index (χ0) is 14.6. The number of alkyl halides is 2. The molecule has 21 heavy (non-hydrogen) atoms. The minimum Gasteiger partial charge on any atom is -0.384 e. The van der Waals surface area contributed by atoms with Gasteiger partial charge in [0.05, 0.1) is 17.5 Å². The van der Waals surface area contributed by atoms with Gasteiger partial charge in [0.25, 0.3) is 5.92 Å². The molecule has 3 heterocycles. The van der Waals surface area contributed by atoms with Crippen LogP contribution in [0.5, 0.6) is 0 Å². The normalized spacial score (nSPS) is 25.7. The molecule has 108 valence electrons. The van der Waals surface area contributed by atoms with E-state index in [2.05, 4.69) is 9.97 Å². The first-order valence-corrected chi connectivity index (χ1v) is 6.87. The third kappa shape index (κ3) is 1.93. The lowest BCUT2D eigenvalue weighted by molar-refractivity contribution is 0.0797. The number of nitrogen functional groups attached to an aromatic ring is 1. The fourth-order valence-corrected chi connectivity index (χ4v) is 3.03. The molecular weight excluding hydrogens is 274 g/mol. The Balaban J connectivity index is 1.53. The Hall–Kier alpha value is -2.24. The van der Waals surface area contributed by atoms with Gasteiger partial charge in [-0.3, -0.25) is 0 Å². The average molecular weight is 288 g/mol. The van der Waals surface area contributed by atoms with E-state index in [0.717, 1.165) is 17.1 Å². The summed E-state index contributed by atoms with van der Waals surface area (Å²) in [6, 6.07) is 9.16. The Morgan fingerprint density at radius 3 is 2.52 bits per heavy atom.